The van der Waals surface area contributed by atoms with Crippen molar-refractivity contribution in [3.63, 3.8) is 0 Å². The average molecular weight is 347 g/mol. The SMILES string of the molecule is CC(C)(C)OC(=O)NC(CN)Cc1c(F)cccc1Br. The number of nitrogens with two attached hydrogens (primary N) is 1. The standard InChI is InChI=1S/C14H20BrFN2O2/c1-14(2,3)20-13(19)18-9(8-17)7-10-11(15)5-4-6-12(10)16/h4-6,9H,7-8,17H2,1-3H3,(H,18,19). The van der Waals surface area contributed by atoms with Crippen molar-refractivity contribution >= 4 is 22.0 Å². The Morgan fingerprint density at radius 2 is 2.15 bits per heavy atom. The zero-order chi connectivity index (χ0) is 15.3. The van der Waals surface area contributed by atoms with Crippen molar-refractivity contribution in [2.75, 3.05) is 6.54 Å². The molecule has 3 N–H and O–H groups in total. The molecule has 0 fully saturated rings. The van der Waals surface area contributed by atoms with Crippen LogP contribution >= 0.6 is 15.9 Å². The summed E-state index contributed by atoms with van der Waals surface area (Å²) in [5.74, 6) is -0.330. The van der Waals surface area contributed by atoms with Crippen LogP contribution in [-0.2, 0) is 11.2 Å². The highest BCUT2D eigenvalue weighted by Gasteiger charge is 2.20. The van der Waals surface area contributed by atoms with Gasteiger partial charge in [0.25, 0.3) is 0 Å². The second-order valence-electron chi connectivity index (χ2n) is 5.48. The van der Waals surface area contributed by atoms with Crippen LogP contribution in [0.2, 0.25) is 0 Å². The summed E-state index contributed by atoms with van der Waals surface area (Å²) in [7, 11) is 0. The summed E-state index contributed by atoms with van der Waals surface area (Å²) in [6, 6.07) is 4.35. The van der Waals surface area contributed by atoms with Gasteiger partial charge in [0.2, 0.25) is 0 Å². The molecular formula is C14H20BrFN2O2. The molecule has 20 heavy (non-hydrogen) atoms. The molecule has 0 bridgehead atoms. The van der Waals surface area contributed by atoms with Crippen LogP contribution < -0.4 is 11.1 Å². The number of hydrogen-bond acceptors (Lipinski definition) is 3. The summed E-state index contributed by atoms with van der Waals surface area (Å²) < 4.78 is 19.6. The summed E-state index contributed by atoms with van der Waals surface area (Å²) in [6.45, 7) is 5.52. The lowest BCUT2D eigenvalue weighted by molar-refractivity contribution is 0.0505. The molecule has 4 nitrogen and oxygen atoms in total. The molecule has 1 rings (SSSR count). The van der Waals surface area contributed by atoms with E-state index in [9.17, 15) is 9.18 Å². The van der Waals surface area contributed by atoms with Crippen LogP contribution in [0.3, 0.4) is 0 Å². The molecule has 0 aromatic heterocycles. The van der Waals surface area contributed by atoms with Crippen LogP contribution in [0, 0.1) is 5.82 Å². The summed E-state index contributed by atoms with van der Waals surface area (Å²) in [6.07, 6.45) is -0.261. The molecule has 0 radical (unpaired) electrons. The smallest absolute Gasteiger partial charge is 0.407 e. The number of nitrogens with one attached hydrogen (secondary N) is 1. The Morgan fingerprint density at radius 1 is 1.50 bits per heavy atom. The van der Waals surface area contributed by atoms with E-state index in [2.05, 4.69) is 21.2 Å². The largest absolute Gasteiger partial charge is 0.444 e. The third-order valence-electron chi connectivity index (χ3n) is 2.52. The first kappa shape index (κ1) is 16.9. The summed E-state index contributed by atoms with van der Waals surface area (Å²) in [5, 5.41) is 2.65. The van der Waals surface area contributed by atoms with Gasteiger partial charge in [-0.15, -0.1) is 0 Å². The Morgan fingerprint density at radius 3 is 2.65 bits per heavy atom. The summed E-state index contributed by atoms with van der Waals surface area (Å²) >= 11 is 3.30. The molecule has 0 saturated heterocycles. The summed E-state index contributed by atoms with van der Waals surface area (Å²) in [4.78, 5) is 11.7. The Labute approximate surface area is 127 Å². The van der Waals surface area contributed by atoms with E-state index in [1.54, 1.807) is 32.9 Å². The number of alkyl carbamates (subject to hydrolysis) is 1. The van der Waals surface area contributed by atoms with E-state index in [-0.39, 0.29) is 12.4 Å². The highest BCUT2D eigenvalue weighted by molar-refractivity contribution is 9.10. The number of benzene rings is 1. The van der Waals surface area contributed by atoms with E-state index >= 15 is 0 Å². The molecule has 0 spiro atoms. The molecular weight excluding hydrogens is 327 g/mol. The van der Waals surface area contributed by atoms with E-state index in [1.807, 2.05) is 0 Å². The maximum Gasteiger partial charge on any atom is 0.407 e. The lowest BCUT2D eigenvalue weighted by Gasteiger charge is -2.23. The minimum Gasteiger partial charge on any atom is -0.444 e. The van der Waals surface area contributed by atoms with Crippen molar-refractivity contribution < 1.29 is 13.9 Å². The number of halogens is 2. The first-order chi connectivity index (χ1) is 9.23. The average Bonchev–Trinajstić information content (AvgIpc) is 2.30. The van der Waals surface area contributed by atoms with Gasteiger partial charge in [-0.3, -0.25) is 0 Å². The molecule has 112 valence electrons. The number of carbonyl (C=O) groups excluding carboxylic acids is 1. The van der Waals surface area contributed by atoms with E-state index < -0.39 is 17.7 Å². The lowest BCUT2D eigenvalue weighted by Crippen LogP contribution is -2.44. The number of ether oxygens (including phenoxy) is 1. The molecule has 0 aliphatic carbocycles. The number of amides is 1. The maximum atomic E-state index is 13.7. The topological polar surface area (TPSA) is 64.3 Å². The van der Waals surface area contributed by atoms with Gasteiger partial charge in [0, 0.05) is 22.6 Å². The van der Waals surface area contributed by atoms with Gasteiger partial charge in [-0.25, -0.2) is 9.18 Å². The highest BCUT2D eigenvalue weighted by Crippen LogP contribution is 2.21. The molecule has 0 saturated carbocycles. The van der Waals surface area contributed by atoms with Gasteiger partial charge in [-0.2, -0.15) is 0 Å². The van der Waals surface area contributed by atoms with E-state index in [0.717, 1.165) is 0 Å². The third kappa shape index (κ3) is 5.46. The van der Waals surface area contributed by atoms with Crippen molar-refractivity contribution in [1.82, 2.24) is 5.32 Å². The minimum absolute atomic E-state index is 0.194. The lowest BCUT2D eigenvalue weighted by atomic mass is 10.1. The van der Waals surface area contributed by atoms with Crippen LogP contribution in [0.4, 0.5) is 9.18 Å². The normalized spacial score (nSPS) is 12.9. The van der Waals surface area contributed by atoms with Crippen molar-refractivity contribution in [2.24, 2.45) is 5.73 Å². The van der Waals surface area contributed by atoms with Crippen molar-refractivity contribution in [1.29, 1.82) is 0 Å². The van der Waals surface area contributed by atoms with Gasteiger partial charge in [-0.1, -0.05) is 22.0 Å². The van der Waals surface area contributed by atoms with Crippen LogP contribution in [0.1, 0.15) is 26.3 Å². The maximum absolute atomic E-state index is 13.7. The minimum atomic E-state index is -0.582. The Hall–Kier alpha value is -1.14. The van der Waals surface area contributed by atoms with Gasteiger partial charge in [0.1, 0.15) is 11.4 Å². The Balaban J connectivity index is 2.71. The van der Waals surface area contributed by atoms with Crippen molar-refractivity contribution in [3.05, 3.63) is 34.1 Å². The molecule has 1 aromatic carbocycles. The predicted molar refractivity (Wildman–Crippen MR) is 80.0 cm³/mol. The molecule has 1 unspecified atom stereocenters. The van der Waals surface area contributed by atoms with Crippen molar-refractivity contribution in [3.8, 4) is 0 Å². The highest BCUT2D eigenvalue weighted by atomic mass is 79.9. The van der Waals surface area contributed by atoms with Crippen LogP contribution in [0.25, 0.3) is 0 Å². The number of rotatable bonds is 4. The molecule has 0 aliphatic heterocycles. The fourth-order valence-corrected chi connectivity index (χ4v) is 2.15. The van der Waals surface area contributed by atoms with E-state index in [1.165, 1.54) is 6.07 Å². The zero-order valence-corrected chi connectivity index (χ0v) is 13.5. The van der Waals surface area contributed by atoms with Gasteiger partial charge in [0.05, 0.1) is 0 Å². The molecule has 1 amide bonds. The van der Waals surface area contributed by atoms with Gasteiger partial charge in [0.15, 0.2) is 0 Å². The molecule has 0 heterocycles. The summed E-state index contributed by atoms with van der Waals surface area (Å²) in [5.41, 5.74) is 5.53. The quantitative estimate of drug-likeness (QED) is 0.880. The van der Waals surface area contributed by atoms with Crippen LogP contribution in [-0.4, -0.2) is 24.3 Å². The first-order valence-corrected chi connectivity index (χ1v) is 7.14. The van der Waals surface area contributed by atoms with E-state index in [4.69, 9.17) is 10.5 Å². The van der Waals surface area contributed by atoms with Gasteiger partial charge >= 0.3 is 6.09 Å². The zero-order valence-electron chi connectivity index (χ0n) is 11.9. The Kier molecular flexibility index (Phi) is 5.95. The van der Waals surface area contributed by atoms with Crippen LogP contribution in [0.5, 0.6) is 0 Å². The third-order valence-corrected chi connectivity index (χ3v) is 3.26. The predicted octanol–water partition coefficient (Wildman–Crippen LogP) is 2.98. The fraction of sp³-hybridized carbons (Fsp3) is 0.500. The first-order valence-electron chi connectivity index (χ1n) is 6.35. The van der Waals surface area contributed by atoms with Gasteiger partial charge < -0.3 is 15.8 Å². The molecule has 6 heteroatoms. The number of hydrogen-bond donors (Lipinski definition) is 2. The second kappa shape index (κ2) is 7.04. The molecule has 1 aromatic rings. The second-order valence-corrected chi connectivity index (χ2v) is 6.34. The molecule has 1 atom stereocenters. The molecule has 0 aliphatic rings. The fourth-order valence-electron chi connectivity index (χ4n) is 1.64. The van der Waals surface area contributed by atoms with E-state index in [0.29, 0.717) is 16.5 Å². The van der Waals surface area contributed by atoms with Gasteiger partial charge in [-0.05, 0) is 39.3 Å². The van der Waals surface area contributed by atoms with Crippen molar-refractivity contribution in [2.45, 2.75) is 38.8 Å². The number of carbonyl (C=O) groups is 1. The monoisotopic (exact) mass is 346 g/mol. The van der Waals surface area contributed by atoms with Crippen LogP contribution in [0.15, 0.2) is 22.7 Å². The Bertz CT molecular complexity index is 454.